The number of primary amides is 1. The zero-order valence-electron chi connectivity index (χ0n) is 8.87. The van der Waals surface area contributed by atoms with E-state index in [0.717, 1.165) is 0 Å². The van der Waals surface area contributed by atoms with Gasteiger partial charge in [0.15, 0.2) is 0 Å². The van der Waals surface area contributed by atoms with Crippen LogP contribution in [0.3, 0.4) is 0 Å². The molecule has 92 valence electrons. The Morgan fingerprint density at radius 3 is 2.81 bits per heavy atom. The van der Waals surface area contributed by atoms with E-state index in [-0.39, 0.29) is 17.6 Å². The van der Waals surface area contributed by atoms with Crippen LogP contribution in [0, 0.1) is 5.92 Å². The number of carbonyl (C=O) groups is 1. The number of rotatable bonds is 5. The topological polar surface area (TPSA) is 101 Å². The summed E-state index contributed by atoms with van der Waals surface area (Å²) in [6.45, 7) is 1.71. The van der Waals surface area contributed by atoms with Crippen LogP contribution in [0.4, 0.5) is 0 Å². The van der Waals surface area contributed by atoms with Crippen molar-refractivity contribution in [2.45, 2.75) is 6.42 Å². The van der Waals surface area contributed by atoms with Gasteiger partial charge in [-0.05, 0) is 13.0 Å². The van der Waals surface area contributed by atoms with Gasteiger partial charge in [0.25, 0.3) is 10.1 Å². The van der Waals surface area contributed by atoms with E-state index in [0.29, 0.717) is 26.1 Å². The van der Waals surface area contributed by atoms with Crippen molar-refractivity contribution in [2.75, 3.05) is 25.4 Å². The number of carbonyl (C=O) groups excluding carboxylic acids is 1. The first-order valence-corrected chi connectivity index (χ1v) is 6.63. The molecule has 0 aliphatic carbocycles. The van der Waals surface area contributed by atoms with Crippen molar-refractivity contribution >= 4 is 16.0 Å². The third-order valence-corrected chi connectivity index (χ3v) is 3.23. The molecule has 0 aromatic heterocycles. The summed E-state index contributed by atoms with van der Waals surface area (Å²) in [7, 11) is -3.89. The molecular formula is C9H16N2O4S. The standard InChI is InChI=1S/C9H16N2O4S/c10-9(12)8-3-1-4-11(7-8)5-2-6-16(13,14)15/h1,3,8H,2,4-7H2,(H2,10,12)(H,13,14,15). The second-order valence-electron chi connectivity index (χ2n) is 3.84. The Morgan fingerprint density at radius 1 is 1.56 bits per heavy atom. The lowest BCUT2D eigenvalue weighted by Gasteiger charge is -2.26. The summed E-state index contributed by atoms with van der Waals surface area (Å²) in [6.07, 6.45) is 3.95. The largest absolute Gasteiger partial charge is 0.369 e. The Kier molecular flexibility index (Phi) is 4.45. The quantitative estimate of drug-likeness (QED) is 0.492. The fourth-order valence-corrected chi connectivity index (χ4v) is 2.12. The highest BCUT2D eigenvalue weighted by atomic mass is 32.2. The van der Waals surface area contributed by atoms with Gasteiger partial charge in [-0.2, -0.15) is 8.42 Å². The first kappa shape index (κ1) is 13.1. The molecule has 16 heavy (non-hydrogen) atoms. The molecule has 0 bridgehead atoms. The summed E-state index contributed by atoms with van der Waals surface area (Å²) in [5.74, 6) is -0.940. The summed E-state index contributed by atoms with van der Waals surface area (Å²) in [4.78, 5) is 12.9. The Balaban J connectivity index is 2.35. The van der Waals surface area contributed by atoms with Crippen LogP contribution in [0.5, 0.6) is 0 Å². The van der Waals surface area contributed by atoms with Gasteiger partial charge in [0.1, 0.15) is 0 Å². The smallest absolute Gasteiger partial charge is 0.264 e. The van der Waals surface area contributed by atoms with Crippen LogP contribution in [0.2, 0.25) is 0 Å². The van der Waals surface area contributed by atoms with Crippen molar-refractivity contribution < 1.29 is 17.8 Å². The van der Waals surface area contributed by atoms with Crippen molar-refractivity contribution in [2.24, 2.45) is 11.7 Å². The lowest BCUT2D eigenvalue weighted by Crippen LogP contribution is -2.39. The van der Waals surface area contributed by atoms with Crippen LogP contribution < -0.4 is 5.73 Å². The van der Waals surface area contributed by atoms with E-state index in [1.165, 1.54) is 0 Å². The Morgan fingerprint density at radius 2 is 2.25 bits per heavy atom. The first-order chi connectivity index (χ1) is 7.38. The van der Waals surface area contributed by atoms with E-state index in [1.807, 2.05) is 11.0 Å². The zero-order chi connectivity index (χ0) is 12.2. The molecule has 1 aliphatic rings. The van der Waals surface area contributed by atoms with E-state index >= 15 is 0 Å². The van der Waals surface area contributed by atoms with Gasteiger partial charge in [0.2, 0.25) is 5.91 Å². The lowest BCUT2D eigenvalue weighted by molar-refractivity contribution is -0.121. The fraction of sp³-hybridized carbons (Fsp3) is 0.667. The Bertz CT molecular complexity index is 377. The minimum Gasteiger partial charge on any atom is -0.369 e. The van der Waals surface area contributed by atoms with Gasteiger partial charge in [0.05, 0.1) is 11.7 Å². The third-order valence-electron chi connectivity index (χ3n) is 2.43. The highest BCUT2D eigenvalue weighted by Gasteiger charge is 2.19. The van der Waals surface area contributed by atoms with E-state index in [9.17, 15) is 13.2 Å². The lowest BCUT2D eigenvalue weighted by atomic mass is 10.0. The first-order valence-electron chi connectivity index (χ1n) is 5.02. The molecule has 1 unspecified atom stereocenters. The highest BCUT2D eigenvalue weighted by Crippen LogP contribution is 2.09. The maximum atomic E-state index is 10.9. The van der Waals surface area contributed by atoms with Gasteiger partial charge < -0.3 is 5.73 Å². The maximum absolute atomic E-state index is 10.9. The average molecular weight is 248 g/mol. The number of nitrogens with zero attached hydrogens (tertiary/aromatic N) is 1. The van der Waals surface area contributed by atoms with Crippen LogP contribution in [0.15, 0.2) is 12.2 Å². The average Bonchev–Trinajstić information content (AvgIpc) is 2.16. The van der Waals surface area contributed by atoms with Crippen molar-refractivity contribution in [3.63, 3.8) is 0 Å². The molecule has 0 aromatic rings. The molecule has 0 fully saturated rings. The number of nitrogens with two attached hydrogens (primary N) is 1. The molecule has 1 heterocycles. The van der Waals surface area contributed by atoms with Gasteiger partial charge in [0, 0.05) is 13.1 Å². The molecule has 0 radical (unpaired) electrons. The van der Waals surface area contributed by atoms with Crippen molar-refractivity contribution in [1.29, 1.82) is 0 Å². The summed E-state index contributed by atoms with van der Waals surface area (Å²) in [5, 5.41) is 0. The molecule has 0 saturated carbocycles. The predicted octanol–water partition coefficient (Wildman–Crippen LogP) is -0.762. The second kappa shape index (κ2) is 5.42. The molecule has 0 saturated heterocycles. The van der Waals surface area contributed by atoms with Crippen LogP contribution in [-0.2, 0) is 14.9 Å². The van der Waals surface area contributed by atoms with Gasteiger partial charge in [-0.25, -0.2) is 0 Å². The van der Waals surface area contributed by atoms with E-state index in [2.05, 4.69) is 0 Å². The molecule has 6 nitrogen and oxygen atoms in total. The minimum absolute atomic E-state index is 0.256. The summed E-state index contributed by atoms with van der Waals surface area (Å²) in [6, 6.07) is 0. The fourth-order valence-electron chi connectivity index (χ4n) is 1.63. The summed E-state index contributed by atoms with van der Waals surface area (Å²) >= 11 is 0. The normalized spacial score (nSPS) is 22.2. The van der Waals surface area contributed by atoms with Gasteiger partial charge in [-0.1, -0.05) is 12.2 Å². The Hall–Kier alpha value is -0.920. The van der Waals surface area contributed by atoms with E-state index in [1.54, 1.807) is 6.08 Å². The number of hydrogen-bond donors (Lipinski definition) is 2. The SMILES string of the molecule is NC(=O)C1C=CCN(CCCS(=O)(=O)O)C1. The summed E-state index contributed by atoms with van der Waals surface area (Å²) < 4.78 is 29.5. The zero-order valence-corrected chi connectivity index (χ0v) is 9.69. The molecule has 0 aromatic carbocycles. The second-order valence-corrected chi connectivity index (χ2v) is 5.41. The molecule has 0 spiro atoms. The number of amides is 1. The van der Waals surface area contributed by atoms with Crippen molar-refractivity contribution in [1.82, 2.24) is 4.90 Å². The third kappa shape index (κ3) is 4.73. The predicted molar refractivity (Wildman–Crippen MR) is 59.3 cm³/mol. The van der Waals surface area contributed by atoms with Crippen molar-refractivity contribution in [3.05, 3.63) is 12.2 Å². The van der Waals surface area contributed by atoms with Crippen molar-refractivity contribution in [3.8, 4) is 0 Å². The molecule has 1 amide bonds. The van der Waals surface area contributed by atoms with Crippen LogP contribution in [-0.4, -0.2) is 49.2 Å². The molecule has 1 rings (SSSR count). The molecule has 1 atom stereocenters. The molecule has 1 aliphatic heterocycles. The summed E-state index contributed by atoms with van der Waals surface area (Å²) in [5.41, 5.74) is 5.17. The van der Waals surface area contributed by atoms with Crippen LogP contribution in [0.1, 0.15) is 6.42 Å². The van der Waals surface area contributed by atoms with Crippen LogP contribution in [0.25, 0.3) is 0 Å². The van der Waals surface area contributed by atoms with Crippen LogP contribution >= 0.6 is 0 Å². The Labute approximate surface area is 94.9 Å². The van der Waals surface area contributed by atoms with Gasteiger partial charge >= 0.3 is 0 Å². The monoisotopic (exact) mass is 248 g/mol. The van der Waals surface area contributed by atoms with Gasteiger partial charge in [-0.3, -0.25) is 14.2 Å². The maximum Gasteiger partial charge on any atom is 0.264 e. The van der Waals surface area contributed by atoms with Gasteiger partial charge in [-0.15, -0.1) is 0 Å². The van der Waals surface area contributed by atoms with E-state index in [4.69, 9.17) is 10.3 Å². The molecule has 3 N–H and O–H groups in total. The van der Waals surface area contributed by atoms with E-state index < -0.39 is 10.1 Å². The minimum atomic E-state index is -3.89. The molecular weight excluding hydrogens is 232 g/mol. The highest BCUT2D eigenvalue weighted by molar-refractivity contribution is 7.85. The number of hydrogen-bond acceptors (Lipinski definition) is 4. The molecule has 7 heteroatoms.